The van der Waals surface area contributed by atoms with E-state index in [2.05, 4.69) is 34.3 Å². The SMILES string of the molecule is Cc1nc(CCN2CC[C@](O)(c3ccccc3C)C2)cs1. The number of rotatable bonds is 4. The summed E-state index contributed by atoms with van der Waals surface area (Å²) in [5.41, 5.74) is 2.74. The predicted octanol–water partition coefficient (Wildman–Crippen LogP) is 2.90. The number of hydrogen-bond donors (Lipinski definition) is 1. The van der Waals surface area contributed by atoms with E-state index in [0.29, 0.717) is 0 Å². The third-order valence-electron chi connectivity index (χ3n) is 4.32. The molecule has 0 bridgehead atoms. The van der Waals surface area contributed by atoms with Crippen molar-refractivity contribution in [3.63, 3.8) is 0 Å². The molecule has 4 heteroatoms. The number of likely N-dealkylation sites (tertiary alicyclic amines) is 1. The van der Waals surface area contributed by atoms with Crippen molar-refractivity contribution < 1.29 is 5.11 Å². The first-order chi connectivity index (χ1) is 10.1. The first kappa shape index (κ1) is 14.7. The van der Waals surface area contributed by atoms with E-state index >= 15 is 0 Å². The van der Waals surface area contributed by atoms with Gasteiger partial charge in [-0.05, 0) is 31.4 Å². The maximum absolute atomic E-state index is 11.0. The Morgan fingerprint density at radius 1 is 1.33 bits per heavy atom. The van der Waals surface area contributed by atoms with Crippen molar-refractivity contribution in [1.82, 2.24) is 9.88 Å². The van der Waals surface area contributed by atoms with Crippen molar-refractivity contribution in [2.24, 2.45) is 0 Å². The molecular formula is C17H22N2OS. The van der Waals surface area contributed by atoms with Gasteiger partial charge in [0.05, 0.1) is 10.7 Å². The highest BCUT2D eigenvalue weighted by atomic mass is 32.1. The maximum atomic E-state index is 11.0. The van der Waals surface area contributed by atoms with Crippen LogP contribution in [0.2, 0.25) is 0 Å². The standard InChI is InChI=1S/C17H22N2OS/c1-13-5-3-4-6-16(13)17(20)8-10-19(12-17)9-7-15-11-21-14(2)18-15/h3-6,11,20H,7-10,12H2,1-2H3/t17-/m1/s1. The third-order valence-corrected chi connectivity index (χ3v) is 5.15. The minimum atomic E-state index is -0.691. The summed E-state index contributed by atoms with van der Waals surface area (Å²) in [5, 5.41) is 14.2. The summed E-state index contributed by atoms with van der Waals surface area (Å²) in [6.07, 6.45) is 1.78. The van der Waals surface area contributed by atoms with Gasteiger partial charge in [-0.3, -0.25) is 4.90 Å². The summed E-state index contributed by atoms with van der Waals surface area (Å²) in [4.78, 5) is 6.86. The average molecular weight is 302 g/mol. The zero-order valence-corrected chi connectivity index (χ0v) is 13.5. The van der Waals surface area contributed by atoms with Crippen molar-refractivity contribution in [1.29, 1.82) is 0 Å². The van der Waals surface area contributed by atoms with E-state index in [9.17, 15) is 5.11 Å². The molecular weight excluding hydrogens is 280 g/mol. The Kier molecular flexibility index (Phi) is 4.11. The van der Waals surface area contributed by atoms with Crippen LogP contribution in [0.15, 0.2) is 29.6 Å². The number of aromatic nitrogens is 1. The van der Waals surface area contributed by atoms with E-state index in [-0.39, 0.29) is 0 Å². The topological polar surface area (TPSA) is 36.4 Å². The van der Waals surface area contributed by atoms with E-state index in [0.717, 1.165) is 43.0 Å². The molecule has 2 aromatic rings. The van der Waals surface area contributed by atoms with Gasteiger partial charge in [0.15, 0.2) is 0 Å². The number of thiazole rings is 1. The van der Waals surface area contributed by atoms with Gasteiger partial charge in [-0.15, -0.1) is 11.3 Å². The van der Waals surface area contributed by atoms with Crippen molar-refractivity contribution >= 4 is 11.3 Å². The van der Waals surface area contributed by atoms with Crippen molar-refractivity contribution in [2.75, 3.05) is 19.6 Å². The van der Waals surface area contributed by atoms with Crippen LogP contribution in [0.1, 0.15) is 28.2 Å². The van der Waals surface area contributed by atoms with E-state index in [1.165, 1.54) is 11.3 Å². The zero-order chi connectivity index (χ0) is 14.9. The molecule has 0 radical (unpaired) electrons. The maximum Gasteiger partial charge on any atom is 0.104 e. The highest BCUT2D eigenvalue weighted by Gasteiger charge is 2.38. The monoisotopic (exact) mass is 302 g/mol. The zero-order valence-electron chi connectivity index (χ0n) is 12.7. The summed E-state index contributed by atoms with van der Waals surface area (Å²) in [6.45, 7) is 6.77. The molecule has 112 valence electrons. The van der Waals surface area contributed by atoms with Gasteiger partial charge in [-0.1, -0.05) is 24.3 Å². The van der Waals surface area contributed by atoms with Gasteiger partial charge in [0.25, 0.3) is 0 Å². The first-order valence-corrected chi connectivity index (χ1v) is 8.37. The molecule has 2 heterocycles. The fraction of sp³-hybridized carbons (Fsp3) is 0.471. The molecule has 1 saturated heterocycles. The molecule has 0 amide bonds. The second-order valence-corrected chi connectivity index (χ2v) is 7.04. The normalized spacial score (nSPS) is 22.8. The third kappa shape index (κ3) is 3.18. The van der Waals surface area contributed by atoms with Crippen LogP contribution in [0.5, 0.6) is 0 Å². The lowest BCUT2D eigenvalue weighted by Gasteiger charge is -2.25. The Balaban J connectivity index is 1.63. The summed E-state index contributed by atoms with van der Waals surface area (Å²) in [5.74, 6) is 0. The second-order valence-electron chi connectivity index (χ2n) is 5.98. The second kappa shape index (κ2) is 5.87. The Morgan fingerprint density at radius 3 is 2.86 bits per heavy atom. The lowest BCUT2D eigenvalue weighted by Crippen LogP contribution is -2.32. The molecule has 0 spiro atoms. The van der Waals surface area contributed by atoms with Crippen molar-refractivity contribution in [2.45, 2.75) is 32.3 Å². The predicted molar refractivity (Wildman–Crippen MR) is 86.7 cm³/mol. The minimum Gasteiger partial charge on any atom is -0.384 e. The number of hydrogen-bond acceptors (Lipinski definition) is 4. The van der Waals surface area contributed by atoms with Crippen LogP contribution in [0.3, 0.4) is 0 Å². The van der Waals surface area contributed by atoms with E-state index in [1.807, 2.05) is 19.1 Å². The molecule has 1 fully saturated rings. The quantitative estimate of drug-likeness (QED) is 0.943. The summed E-state index contributed by atoms with van der Waals surface area (Å²) >= 11 is 1.71. The Hall–Kier alpha value is -1.23. The van der Waals surface area contributed by atoms with Crippen LogP contribution in [0, 0.1) is 13.8 Å². The smallest absolute Gasteiger partial charge is 0.104 e. The van der Waals surface area contributed by atoms with E-state index in [4.69, 9.17) is 0 Å². The van der Waals surface area contributed by atoms with E-state index < -0.39 is 5.60 Å². The van der Waals surface area contributed by atoms with Gasteiger partial charge in [-0.2, -0.15) is 0 Å². The highest BCUT2D eigenvalue weighted by molar-refractivity contribution is 7.09. The molecule has 3 nitrogen and oxygen atoms in total. The largest absolute Gasteiger partial charge is 0.384 e. The molecule has 1 N–H and O–H groups in total. The molecule has 0 unspecified atom stereocenters. The molecule has 3 rings (SSSR count). The van der Waals surface area contributed by atoms with Crippen molar-refractivity contribution in [3.05, 3.63) is 51.5 Å². The lowest BCUT2D eigenvalue weighted by molar-refractivity contribution is 0.0456. The molecule has 21 heavy (non-hydrogen) atoms. The van der Waals surface area contributed by atoms with E-state index in [1.54, 1.807) is 11.3 Å². The Bertz CT molecular complexity index is 625. The van der Waals surface area contributed by atoms with Crippen LogP contribution in [0.4, 0.5) is 0 Å². The Labute approximate surface area is 130 Å². The van der Waals surface area contributed by atoms with Crippen LogP contribution >= 0.6 is 11.3 Å². The minimum absolute atomic E-state index is 0.691. The van der Waals surface area contributed by atoms with Crippen molar-refractivity contribution in [3.8, 4) is 0 Å². The first-order valence-electron chi connectivity index (χ1n) is 7.49. The fourth-order valence-corrected chi connectivity index (χ4v) is 3.82. The number of benzene rings is 1. The summed E-state index contributed by atoms with van der Waals surface area (Å²) in [6, 6.07) is 8.18. The van der Waals surface area contributed by atoms with Gasteiger partial charge in [0.2, 0.25) is 0 Å². The molecule has 1 atom stereocenters. The average Bonchev–Trinajstić information content (AvgIpc) is 3.04. The molecule has 1 aliphatic heterocycles. The van der Waals surface area contributed by atoms with Gasteiger partial charge in [0.1, 0.15) is 5.60 Å². The fourth-order valence-electron chi connectivity index (χ4n) is 3.17. The number of aryl methyl sites for hydroxylation is 2. The lowest BCUT2D eigenvalue weighted by atomic mass is 9.89. The molecule has 0 saturated carbocycles. The molecule has 1 aromatic carbocycles. The molecule has 0 aliphatic carbocycles. The van der Waals surface area contributed by atoms with Gasteiger partial charge < -0.3 is 5.11 Å². The number of nitrogens with zero attached hydrogens (tertiary/aromatic N) is 2. The summed E-state index contributed by atoms with van der Waals surface area (Å²) < 4.78 is 0. The van der Waals surface area contributed by atoms with Gasteiger partial charge in [-0.25, -0.2) is 4.98 Å². The highest BCUT2D eigenvalue weighted by Crippen LogP contribution is 2.33. The van der Waals surface area contributed by atoms with Crippen LogP contribution in [0.25, 0.3) is 0 Å². The Morgan fingerprint density at radius 2 is 2.14 bits per heavy atom. The number of aliphatic hydroxyl groups is 1. The number of β-amino-alcohol motifs (C(OH)–C–C–N with tert-alkyl or cyclic N) is 1. The van der Waals surface area contributed by atoms with Crippen LogP contribution < -0.4 is 0 Å². The molecule has 1 aliphatic rings. The molecule has 1 aromatic heterocycles. The van der Waals surface area contributed by atoms with Gasteiger partial charge in [0, 0.05) is 31.4 Å². The van der Waals surface area contributed by atoms with Crippen LogP contribution in [-0.2, 0) is 12.0 Å². The summed E-state index contributed by atoms with van der Waals surface area (Å²) in [7, 11) is 0. The van der Waals surface area contributed by atoms with Gasteiger partial charge >= 0.3 is 0 Å². The van der Waals surface area contributed by atoms with Crippen LogP contribution in [-0.4, -0.2) is 34.6 Å².